The van der Waals surface area contributed by atoms with Crippen molar-refractivity contribution in [2.24, 2.45) is 0 Å². The van der Waals surface area contributed by atoms with Crippen LogP contribution in [0.3, 0.4) is 0 Å². The number of urea groups is 1. The van der Waals surface area contributed by atoms with Crippen LogP contribution in [0.1, 0.15) is 13.3 Å². The van der Waals surface area contributed by atoms with E-state index < -0.39 is 0 Å². The molecule has 0 aromatic carbocycles. The number of nitrogens with one attached hydrogen (secondary N) is 1. The molecule has 0 spiro atoms. The van der Waals surface area contributed by atoms with Gasteiger partial charge in [-0.2, -0.15) is 0 Å². The van der Waals surface area contributed by atoms with Crippen LogP contribution in [0.4, 0.5) is 4.79 Å². The van der Waals surface area contributed by atoms with Crippen molar-refractivity contribution in [3.05, 3.63) is 0 Å². The zero-order valence-electron chi connectivity index (χ0n) is 7.33. The zero-order valence-corrected chi connectivity index (χ0v) is 8.15. The van der Waals surface area contributed by atoms with Crippen LogP contribution in [-0.4, -0.2) is 40.5 Å². The molecule has 1 aliphatic rings. The molecule has 1 N–H and O–H groups in total. The highest BCUT2D eigenvalue weighted by molar-refractivity contribution is 8.13. The minimum atomic E-state index is -0.0550. The summed E-state index contributed by atoms with van der Waals surface area (Å²) in [6.45, 7) is 2.82. The van der Waals surface area contributed by atoms with E-state index >= 15 is 0 Å². The van der Waals surface area contributed by atoms with Gasteiger partial charge in [-0.25, -0.2) is 4.79 Å². The molecule has 4 nitrogen and oxygen atoms in total. The summed E-state index contributed by atoms with van der Waals surface area (Å²) in [6, 6.07) is -0.0550. The van der Waals surface area contributed by atoms with Gasteiger partial charge in [0.05, 0.1) is 5.88 Å². The fourth-order valence-electron chi connectivity index (χ4n) is 1.02. The molecule has 0 bridgehead atoms. The quantitative estimate of drug-likeness (QED) is 0.710. The Kier molecular flexibility index (Phi) is 2.97. The van der Waals surface area contributed by atoms with Gasteiger partial charge in [-0.15, -0.1) is 0 Å². The molecule has 0 atom stereocenters. The molecular formula is C7H13N3OS. The molecule has 1 saturated heterocycles. The van der Waals surface area contributed by atoms with Gasteiger partial charge in [-0.05, 0) is 6.42 Å². The van der Waals surface area contributed by atoms with E-state index in [-0.39, 0.29) is 6.03 Å². The standard InChI is InChI=1S/C7H13N3OS/c1-3-4-10-5-12-6(8)9(2)7(10)11/h8H,3-5H2,1-2H3. The third kappa shape index (κ3) is 1.72. The number of carbonyl (C=O) groups excluding carboxylic acids is 1. The molecule has 5 heteroatoms. The SMILES string of the molecule is CCCN1CSC(=N)N(C)C1=O. The van der Waals surface area contributed by atoms with Crippen LogP contribution in [0.2, 0.25) is 0 Å². The van der Waals surface area contributed by atoms with E-state index in [1.54, 1.807) is 11.9 Å². The predicted octanol–water partition coefficient (Wildman–Crippen LogP) is 1.39. The highest BCUT2D eigenvalue weighted by Gasteiger charge is 2.26. The van der Waals surface area contributed by atoms with Gasteiger partial charge in [0.1, 0.15) is 0 Å². The van der Waals surface area contributed by atoms with Gasteiger partial charge in [0, 0.05) is 13.6 Å². The van der Waals surface area contributed by atoms with E-state index in [2.05, 4.69) is 0 Å². The molecule has 68 valence electrons. The number of nitrogens with zero attached hydrogens (tertiary/aromatic N) is 2. The van der Waals surface area contributed by atoms with Gasteiger partial charge in [-0.1, -0.05) is 18.7 Å². The Labute approximate surface area is 76.4 Å². The van der Waals surface area contributed by atoms with Crippen molar-refractivity contribution >= 4 is 23.0 Å². The summed E-state index contributed by atoms with van der Waals surface area (Å²) >= 11 is 1.39. The molecule has 0 aromatic rings. The molecule has 0 saturated carbocycles. The number of rotatable bonds is 2. The Hall–Kier alpha value is -0.710. The summed E-state index contributed by atoms with van der Waals surface area (Å²) in [6.07, 6.45) is 0.966. The summed E-state index contributed by atoms with van der Waals surface area (Å²) in [5, 5.41) is 7.73. The third-order valence-electron chi connectivity index (χ3n) is 1.71. The number of hydrogen-bond acceptors (Lipinski definition) is 3. The van der Waals surface area contributed by atoms with Crippen molar-refractivity contribution in [2.45, 2.75) is 13.3 Å². The van der Waals surface area contributed by atoms with E-state index in [0.29, 0.717) is 11.0 Å². The van der Waals surface area contributed by atoms with Gasteiger partial charge in [0.2, 0.25) is 0 Å². The monoisotopic (exact) mass is 187 g/mol. The molecule has 2 amide bonds. The van der Waals surface area contributed by atoms with Gasteiger partial charge >= 0.3 is 6.03 Å². The van der Waals surface area contributed by atoms with Crippen LogP contribution in [0.5, 0.6) is 0 Å². The molecule has 1 rings (SSSR count). The van der Waals surface area contributed by atoms with Crippen LogP contribution in [0, 0.1) is 5.41 Å². The molecule has 1 fully saturated rings. The molecule has 0 unspecified atom stereocenters. The Balaban J connectivity index is 2.59. The van der Waals surface area contributed by atoms with Gasteiger partial charge in [-0.3, -0.25) is 10.3 Å². The molecule has 1 heterocycles. The minimum absolute atomic E-state index is 0.0550. The molecule has 0 radical (unpaired) electrons. The first-order valence-corrected chi connectivity index (χ1v) is 4.89. The van der Waals surface area contributed by atoms with Crippen molar-refractivity contribution in [2.75, 3.05) is 19.5 Å². The normalized spacial score (nSPS) is 18.8. The van der Waals surface area contributed by atoms with Crippen LogP contribution in [-0.2, 0) is 0 Å². The lowest BCUT2D eigenvalue weighted by Gasteiger charge is -2.32. The van der Waals surface area contributed by atoms with E-state index in [1.807, 2.05) is 6.92 Å². The number of hydrogen-bond donors (Lipinski definition) is 1. The lowest BCUT2D eigenvalue weighted by atomic mass is 10.4. The first-order valence-electron chi connectivity index (χ1n) is 3.90. The summed E-state index contributed by atoms with van der Waals surface area (Å²) in [5.74, 6) is 0.621. The Morgan fingerprint density at radius 2 is 2.33 bits per heavy atom. The highest BCUT2D eigenvalue weighted by atomic mass is 32.2. The molecule has 0 aromatic heterocycles. The average molecular weight is 187 g/mol. The van der Waals surface area contributed by atoms with E-state index in [4.69, 9.17) is 5.41 Å². The first kappa shape index (κ1) is 9.38. The lowest BCUT2D eigenvalue weighted by Crippen LogP contribution is -2.47. The smallest absolute Gasteiger partial charge is 0.315 e. The van der Waals surface area contributed by atoms with Gasteiger partial charge < -0.3 is 4.90 Å². The maximum Gasteiger partial charge on any atom is 0.326 e. The maximum atomic E-state index is 11.4. The predicted molar refractivity (Wildman–Crippen MR) is 50.3 cm³/mol. The molecule has 12 heavy (non-hydrogen) atoms. The van der Waals surface area contributed by atoms with E-state index in [9.17, 15) is 4.79 Å². The lowest BCUT2D eigenvalue weighted by molar-refractivity contribution is 0.188. The second-order valence-electron chi connectivity index (χ2n) is 2.68. The maximum absolute atomic E-state index is 11.4. The summed E-state index contributed by atoms with van der Waals surface area (Å²) in [7, 11) is 1.64. The van der Waals surface area contributed by atoms with Crippen molar-refractivity contribution < 1.29 is 4.79 Å². The van der Waals surface area contributed by atoms with Crippen LogP contribution < -0.4 is 0 Å². The second-order valence-corrected chi connectivity index (χ2v) is 3.62. The van der Waals surface area contributed by atoms with Gasteiger partial charge in [0.15, 0.2) is 5.17 Å². The van der Waals surface area contributed by atoms with Crippen molar-refractivity contribution in [3.63, 3.8) is 0 Å². The molecular weight excluding hydrogens is 174 g/mol. The van der Waals surface area contributed by atoms with E-state index in [0.717, 1.165) is 13.0 Å². The fraction of sp³-hybridized carbons (Fsp3) is 0.714. The summed E-state index contributed by atoms with van der Waals surface area (Å²) in [5.41, 5.74) is 0. The Bertz CT molecular complexity index is 207. The Morgan fingerprint density at radius 3 is 2.92 bits per heavy atom. The van der Waals surface area contributed by atoms with Crippen molar-refractivity contribution in [1.82, 2.24) is 9.80 Å². The summed E-state index contributed by atoms with van der Waals surface area (Å²) in [4.78, 5) is 14.6. The fourth-order valence-corrected chi connectivity index (χ4v) is 1.81. The highest BCUT2D eigenvalue weighted by Crippen LogP contribution is 2.17. The van der Waals surface area contributed by atoms with Crippen LogP contribution >= 0.6 is 11.8 Å². The Morgan fingerprint density at radius 1 is 1.67 bits per heavy atom. The topological polar surface area (TPSA) is 47.4 Å². The molecule has 0 aliphatic carbocycles. The number of amidine groups is 1. The van der Waals surface area contributed by atoms with E-state index in [1.165, 1.54) is 16.7 Å². The average Bonchev–Trinajstić information content (AvgIpc) is 2.07. The largest absolute Gasteiger partial charge is 0.326 e. The van der Waals surface area contributed by atoms with Crippen molar-refractivity contribution in [1.29, 1.82) is 5.41 Å². The van der Waals surface area contributed by atoms with Crippen LogP contribution in [0.15, 0.2) is 0 Å². The van der Waals surface area contributed by atoms with Crippen LogP contribution in [0.25, 0.3) is 0 Å². The minimum Gasteiger partial charge on any atom is -0.315 e. The number of carbonyl (C=O) groups is 1. The number of amides is 2. The third-order valence-corrected chi connectivity index (χ3v) is 2.70. The van der Waals surface area contributed by atoms with Crippen molar-refractivity contribution in [3.8, 4) is 0 Å². The van der Waals surface area contributed by atoms with Gasteiger partial charge in [0.25, 0.3) is 0 Å². The first-order chi connectivity index (χ1) is 5.66. The number of thioether (sulfide) groups is 1. The summed E-state index contributed by atoms with van der Waals surface area (Å²) < 4.78 is 0. The second kappa shape index (κ2) is 3.80. The zero-order chi connectivity index (χ0) is 9.14. The molecule has 1 aliphatic heterocycles.